The predicted molar refractivity (Wildman–Crippen MR) is 79.0 cm³/mol. The molecule has 0 unspecified atom stereocenters. The average molecular weight is 306 g/mol. The van der Waals surface area contributed by atoms with Crippen LogP contribution < -0.4 is 10.0 Å². The lowest BCUT2D eigenvalue weighted by Crippen LogP contribution is -2.29. The van der Waals surface area contributed by atoms with E-state index >= 15 is 0 Å². The second-order valence-electron chi connectivity index (χ2n) is 4.91. The van der Waals surface area contributed by atoms with Gasteiger partial charge in [0, 0.05) is 18.7 Å². The largest absolute Gasteiger partial charge is 0.326 e. The Morgan fingerprint density at radius 2 is 1.95 bits per heavy atom. The molecule has 0 saturated heterocycles. The first kappa shape index (κ1) is 14.0. The molecule has 21 heavy (non-hydrogen) atoms. The van der Waals surface area contributed by atoms with E-state index in [0.717, 1.165) is 11.6 Å². The second-order valence-corrected chi connectivity index (χ2v) is 6.78. The highest BCUT2D eigenvalue weighted by molar-refractivity contribution is 7.92. The lowest BCUT2D eigenvalue weighted by atomic mass is 10.2. The Hall–Kier alpha value is -1.92. The van der Waals surface area contributed by atoms with E-state index in [9.17, 15) is 12.8 Å². The fourth-order valence-corrected chi connectivity index (χ4v) is 4.11. The highest BCUT2D eigenvalue weighted by Gasteiger charge is 2.30. The third-order valence-electron chi connectivity index (χ3n) is 3.67. The van der Waals surface area contributed by atoms with Gasteiger partial charge in [0.05, 0.1) is 10.6 Å². The molecular formula is C15H15FN2O2S. The molecule has 0 aliphatic carbocycles. The third-order valence-corrected chi connectivity index (χ3v) is 5.48. The van der Waals surface area contributed by atoms with Crippen LogP contribution in [0.2, 0.25) is 0 Å². The van der Waals surface area contributed by atoms with Crippen molar-refractivity contribution in [3.05, 3.63) is 59.4 Å². The topological polar surface area (TPSA) is 63.4 Å². The molecule has 1 heterocycles. The van der Waals surface area contributed by atoms with Crippen molar-refractivity contribution in [1.29, 1.82) is 0 Å². The number of benzene rings is 2. The van der Waals surface area contributed by atoms with Crippen LogP contribution in [0.1, 0.15) is 11.1 Å². The van der Waals surface area contributed by atoms with Crippen LogP contribution in [0, 0.1) is 5.82 Å². The molecule has 2 aromatic rings. The monoisotopic (exact) mass is 306 g/mol. The van der Waals surface area contributed by atoms with Gasteiger partial charge in [-0.1, -0.05) is 18.2 Å². The number of fused-ring (bicyclic) bond motifs is 1. The molecule has 3 rings (SSSR count). The van der Waals surface area contributed by atoms with Crippen LogP contribution in [0.5, 0.6) is 0 Å². The van der Waals surface area contributed by atoms with E-state index in [4.69, 9.17) is 5.73 Å². The maximum Gasteiger partial charge on any atom is 0.264 e. The fraction of sp³-hybridized carbons (Fsp3) is 0.200. The summed E-state index contributed by atoms with van der Waals surface area (Å²) in [5.74, 6) is -0.488. The van der Waals surface area contributed by atoms with Gasteiger partial charge in [0.15, 0.2) is 0 Å². The summed E-state index contributed by atoms with van der Waals surface area (Å²) in [7, 11) is -3.69. The van der Waals surface area contributed by atoms with Gasteiger partial charge < -0.3 is 5.73 Å². The van der Waals surface area contributed by atoms with E-state index < -0.39 is 15.8 Å². The summed E-state index contributed by atoms with van der Waals surface area (Å²) >= 11 is 0. The highest BCUT2D eigenvalue weighted by atomic mass is 32.2. The van der Waals surface area contributed by atoms with Crippen LogP contribution >= 0.6 is 0 Å². The third kappa shape index (κ3) is 2.30. The Bertz CT molecular complexity index is 790. The molecule has 110 valence electrons. The summed E-state index contributed by atoms with van der Waals surface area (Å²) in [6.45, 7) is 0.364. The van der Waals surface area contributed by atoms with Crippen LogP contribution in [0.4, 0.5) is 10.1 Å². The molecule has 1 aliphatic rings. The quantitative estimate of drug-likeness (QED) is 0.944. The van der Waals surface area contributed by atoms with E-state index in [1.165, 1.54) is 16.4 Å². The number of nitrogens with two attached hydrogens (primary N) is 1. The molecule has 0 saturated carbocycles. The number of hydrogen-bond acceptors (Lipinski definition) is 3. The van der Waals surface area contributed by atoms with Gasteiger partial charge in [-0.25, -0.2) is 12.8 Å². The molecule has 2 N–H and O–H groups in total. The van der Waals surface area contributed by atoms with Crippen molar-refractivity contribution in [2.24, 2.45) is 5.73 Å². The minimum Gasteiger partial charge on any atom is -0.326 e. The number of anilines is 1. The van der Waals surface area contributed by atoms with Gasteiger partial charge in [0.1, 0.15) is 5.82 Å². The van der Waals surface area contributed by atoms with Gasteiger partial charge in [0.2, 0.25) is 0 Å². The lowest BCUT2D eigenvalue weighted by Gasteiger charge is -2.20. The maximum atomic E-state index is 13.5. The minimum absolute atomic E-state index is 0.0359. The first-order valence-electron chi connectivity index (χ1n) is 6.63. The second kappa shape index (κ2) is 5.13. The number of para-hydroxylation sites is 1. The van der Waals surface area contributed by atoms with E-state index in [2.05, 4.69) is 0 Å². The van der Waals surface area contributed by atoms with Crippen molar-refractivity contribution in [1.82, 2.24) is 0 Å². The molecule has 2 aromatic carbocycles. The standard InChI is InChI=1S/C15H15FN2O2S/c16-14-6-5-13(9-12(14)10-17)21(19,20)18-8-7-11-3-1-2-4-15(11)18/h1-6,9H,7-8,10,17H2. The zero-order chi connectivity index (χ0) is 15.0. The van der Waals surface area contributed by atoms with Crippen LogP contribution in [0.15, 0.2) is 47.4 Å². The molecule has 6 heteroatoms. The van der Waals surface area contributed by atoms with Crippen LogP contribution in [-0.2, 0) is 23.0 Å². The molecule has 0 atom stereocenters. The first-order valence-corrected chi connectivity index (χ1v) is 8.07. The van der Waals surface area contributed by atoms with Gasteiger partial charge in [-0.05, 0) is 36.2 Å². The van der Waals surface area contributed by atoms with Crippen LogP contribution in [-0.4, -0.2) is 15.0 Å². The normalized spacial score (nSPS) is 14.3. The van der Waals surface area contributed by atoms with Crippen molar-refractivity contribution >= 4 is 15.7 Å². The Morgan fingerprint density at radius 1 is 1.19 bits per heavy atom. The van der Waals surface area contributed by atoms with Gasteiger partial charge >= 0.3 is 0 Å². The van der Waals surface area contributed by atoms with Crippen molar-refractivity contribution in [3.63, 3.8) is 0 Å². The number of halogens is 1. The van der Waals surface area contributed by atoms with Gasteiger partial charge in [-0.2, -0.15) is 0 Å². The van der Waals surface area contributed by atoms with Crippen LogP contribution in [0.3, 0.4) is 0 Å². The summed E-state index contributed by atoms with van der Waals surface area (Å²) in [6, 6.07) is 11.1. The number of hydrogen-bond donors (Lipinski definition) is 1. The van der Waals surface area contributed by atoms with E-state index in [0.29, 0.717) is 18.7 Å². The summed E-state index contributed by atoms with van der Waals surface area (Å²) in [5.41, 5.74) is 7.34. The molecule has 0 bridgehead atoms. The SMILES string of the molecule is NCc1cc(S(=O)(=O)N2CCc3ccccc32)ccc1F. The minimum atomic E-state index is -3.69. The van der Waals surface area contributed by atoms with Crippen molar-refractivity contribution in [3.8, 4) is 0 Å². The van der Waals surface area contributed by atoms with Crippen molar-refractivity contribution < 1.29 is 12.8 Å². The van der Waals surface area contributed by atoms with E-state index in [-0.39, 0.29) is 17.0 Å². The van der Waals surface area contributed by atoms with Crippen molar-refractivity contribution in [2.75, 3.05) is 10.8 Å². The molecule has 0 fully saturated rings. The van der Waals surface area contributed by atoms with Crippen molar-refractivity contribution in [2.45, 2.75) is 17.9 Å². The lowest BCUT2D eigenvalue weighted by molar-refractivity contribution is 0.589. The number of rotatable bonds is 3. The smallest absolute Gasteiger partial charge is 0.264 e. The predicted octanol–water partition coefficient (Wildman–Crippen LogP) is 2.04. The molecule has 0 spiro atoms. The Morgan fingerprint density at radius 3 is 2.71 bits per heavy atom. The van der Waals surface area contributed by atoms with Crippen LogP contribution in [0.25, 0.3) is 0 Å². The summed E-state index contributed by atoms with van der Waals surface area (Å²) in [5, 5.41) is 0. The highest BCUT2D eigenvalue weighted by Crippen LogP contribution is 2.32. The first-order chi connectivity index (χ1) is 10.0. The Labute approximate surface area is 123 Å². The number of sulfonamides is 1. The molecule has 1 aliphatic heterocycles. The number of nitrogens with zero attached hydrogens (tertiary/aromatic N) is 1. The zero-order valence-electron chi connectivity index (χ0n) is 11.3. The average Bonchev–Trinajstić information content (AvgIpc) is 2.92. The molecular weight excluding hydrogens is 291 g/mol. The fourth-order valence-electron chi connectivity index (χ4n) is 2.55. The summed E-state index contributed by atoms with van der Waals surface area (Å²) < 4.78 is 40.3. The summed E-state index contributed by atoms with van der Waals surface area (Å²) in [6.07, 6.45) is 0.681. The van der Waals surface area contributed by atoms with Gasteiger partial charge in [0.25, 0.3) is 10.0 Å². The molecule has 0 aromatic heterocycles. The van der Waals surface area contributed by atoms with Gasteiger partial charge in [-0.15, -0.1) is 0 Å². The molecule has 0 amide bonds. The Balaban J connectivity index is 2.06. The molecule has 0 radical (unpaired) electrons. The maximum absolute atomic E-state index is 13.5. The van der Waals surface area contributed by atoms with Gasteiger partial charge in [-0.3, -0.25) is 4.31 Å². The van der Waals surface area contributed by atoms with E-state index in [1.807, 2.05) is 18.2 Å². The molecule has 4 nitrogen and oxygen atoms in total. The summed E-state index contributed by atoms with van der Waals surface area (Å²) in [4.78, 5) is 0.0704. The zero-order valence-corrected chi connectivity index (χ0v) is 12.1. The Kier molecular flexibility index (Phi) is 3.43. The van der Waals surface area contributed by atoms with E-state index in [1.54, 1.807) is 6.07 Å².